The van der Waals surface area contributed by atoms with E-state index in [1.807, 2.05) is 102 Å². The standard InChI is InChI=1S/C8H6N2.C7H6N2.2C6H5N3.4C5H12/c1-2-4-8-7(3-1)5-9-6-10-8;1-2-5-9-6-4-8-7(9)3-1;1-3-7-6-2-4-8-9(6)5-1;1-2-6-7-4-5-9(6)8-3-1;4*1-5(2,3)4/h1-6H;1-6H;2*1-5H;4*1-4H3. The molecule has 0 aliphatic rings. The minimum absolute atomic E-state index is 0.500. The molecule has 0 fully saturated rings. The van der Waals surface area contributed by atoms with Gasteiger partial charge in [0.15, 0.2) is 11.3 Å². The van der Waals surface area contributed by atoms with Crippen LogP contribution in [0.3, 0.4) is 0 Å². The van der Waals surface area contributed by atoms with Gasteiger partial charge in [0, 0.05) is 67.2 Å². The molecule has 0 spiro atoms. The predicted octanol–water partition coefficient (Wildman–Crippen LogP) is 12.6. The average Bonchev–Trinajstić information content (AvgIpc) is 3.87. The third kappa shape index (κ3) is 29.5. The highest BCUT2D eigenvalue weighted by molar-refractivity contribution is 5.76. The van der Waals surface area contributed by atoms with Gasteiger partial charge in [-0.15, -0.1) is 0 Å². The van der Waals surface area contributed by atoms with Gasteiger partial charge in [-0.1, -0.05) is 135 Å². The molecule has 0 unspecified atom stereocenters. The van der Waals surface area contributed by atoms with E-state index in [1.54, 1.807) is 46.3 Å². The van der Waals surface area contributed by atoms with Crippen molar-refractivity contribution in [3.8, 4) is 0 Å². The topological polar surface area (TPSA) is 103 Å². The van der Waals surface area contributed by atoms with E-state index in [9.17, 15) is 0 Å². The van der Waals surface area contributed by atoms with Gasteiger partial charge in [0.1, 0.15) is 12.0 Å². The van der Waals surface area contributed by atoms with E-state index in [2.05, 4.69) is 146 Å². The summed E-state index contributed by atoms with van der Waals surface area (Å²) < 4.78 is 5.42. The van der Waals surface area contributed by atoms with Crippen molar-refractivity contribution in [2.45, 2.75) is 111 Å². The van der Waals surface area contributed by atoms with Gasteiger partial charge in [-0.2, -0.15) is 10.2 Å². The van der Waals surface area contributed by atoms with E-state index in [-0.39, 0.29) is 0 Å². The molecule has 10 nitrogen and oxygen atoms in total. The molecule has 0 saturated carbocycles. The minimum Gasteiger partial charge on any atom is -0.307 e. The lowest BCUT2D eigenvalue weighted by Crippen LogP contribution is -1.93. The smallest absolute Gasteiger partial charge is 0.154 e. The number of hydrogen-bond acceptors (Lipinski definition) is 7. The molecule has 0 amide bonds. The van der Waals surface area contributed by atoms with Crippen LogP contribution in [-0.2, 0) is 0 Å². The number of para-hydroxylation sites is 1. The quantitative estimate of drug-likeness (QED) is 0.151. The van der Waals surface area contributed by atoms with Crippen LogP contribution in [0.1, 0.15) is 111 Å². The van der Waals surface area contributed by atoms with E-state index in [4.69, 9.17) is 0 Å². The largest absolute Gasteiger partial charge is 0.307 e. The second-order valence-electron chi connectivity index (χ2n) is 19.5. The van der Waals surface area contributed by atoms with Crippen molar-refractivity contribution in [2.24, 2.45) is 21.7 Å². The highest BCUT2D eigenvalue weighted by Crippen LogP contribution is 2.10. The van der Waals surface area contributed by atoms with Gasteiger partial charge in [0.25, 0.3) is 0 Å². The molecule has 0 saturated heterocycles. The summed E-state index contributed by atoms with van der Waals surface area (Å²) in [4.78, 5) is 20.1. The number of aromatic nitrogens is 10. The van der Waals surface area contributed by atoms with Crippen LogP contribution in [0.25, 0.3) is 27.8 Å². The van der Waals surface area contributed by atoms with Crippen LogP contribution in [0.5, 0.6) is 0 Å². The number of hydrogen-bond donors (Lipinski definition) is 0. The second-order valence-corrected chi connectivity index (χ2v) is 19.5. The van der Waals surface area contributed by atoms with Crippen molar-refractivity contribution in [2.75, 3.05) is 0 Å². The molecule has 8 rings (SSSR count). The first-order chi connectivity index (χ1) is 26.4. The van der Waals surface area contributed by atoms with Gasteiger partial charge < -0.3 is 4.40 Å². The van der Waals surface area contributed by atoms with Crippen LogP contribution in [-0.4, -0.2) is 48.5 Å². The molecule has 57 heavy (non-hydrogen) atoms. The van der Waals surface area contributed by atoms with Crippen molar-refractivity contribution >= 4 is 27.8 Å². The second kappa shape index (κ2) is 24.2. The lowest BCUT2D eigenvalue weighted by atomic mass is 10.0. The minimum atomic E-state index is 0.500. The normalized spacial score (nSPS) is 10.8. The van der Waals surface area contributed by atoms with Crippen LogP contribution >= 0.6 is 0 Å². The summed E-state index contributed by atoms with van der Waals surface area (Å²) in [6.07, 6.45) is 19.7. The Balaban J connectivity index is 0.000000333. The third-order valence-electron chi connectivity index (χ3n) is 5.06. The lowest BCUT2D eigenvalue weighted by Gasteiger charge is -2.05. The summed E-state index contributed by atoms with van der Waals surface area (Å²) in [6, 6.07) is 21.3. The fourth-order valence-electron chi connectivity index (χ4n) is 3.32. The maximum atomic E-state index is 4.08. The molecule has 10 heteroatoms. The molecule has 308 valence electrons. The van der Waals surface area contributed by atoms with Crippen LogP contribution in [0.4, 0.5) is 0 Å². The molecular formula is C47H70N10. The molecule has 0 radical (unpaired) electrons. The zero-order chi connectivity index (χ0) is 43.1. The molecule has 7 heterocycles. The Kier molecular flexibility index (Phi) is 21.0. The molecule has 8 aromatic rings. The molecule has 7 aromatic heterocycles. The van der Waals surface area contributed by atoms with Crippen molar-refractivity contribution in [3.05, 3.63) is 135 Å². The van der Waals surface area contributed by atoms with Crippen LogP contribution < -0.4 is 0 Å². The Morgan fingerprint density at radius 2 is 0.877 bits per heavy atom. The molecule has 0 aliphatic carbocycles. The zero-order valence-electron chi connectivity index (χ0n) is 37.7. The predicted molar refractivity (Wildman–Crippen MR) is 241 cm³/mol. The van der Waals surface area contributed by atoms with Gasteiger partial charge in [-0.05, 0) is 58.1 Å². The van der Waals surface area contributed by atoms with E-state index in [1.165, 1.54) is 0 Å². The number of fused-ring (bicyclic) bond motifs is 4. The van der Waals surface area contributed by atoms with Crippen LogP contribution in [0.2, 0.25) is 0 Å². The third-order valence-corrected chi connectivity index (χ3v) is 5.06. The van der Waals surface area contributed by atoms with Crippen molar-refractivity contribution in [3.63, 3.8) is 0 Å². The highest BCUT2D eigenvalue weighted by atomic mass is 15.2. The van der Waals surface area contributed by atoms with Gasteiger partial charge >= 0.3 is 0 Å². The monoisotopic (exact) mass is 775 g/mol. The number of rotatable bonds is 0. The van der Waals surface area contributed by atoms with Crippen molar-refractivity contribution in [1.29, 1.82) is 0 Å². The summed E-state index contributed by atoms with van der Waals surface area (Å²) in [5, 5.41) is 9.06. The molecule has 0 N–H and O–H groups in total. The number of nitrogens with zero attached hydrogens (tertiary/aromatic N) is 10. The fourth-order valence-corrected chi connectivity index (χ4v) is 3.32. The summed E-state index contributed by atoms with van der Waals surface area (Å²) in [6.45, 7) is 35.0. The fraction of sp³-hybridized carbons (Fsp3) is 0.426. The summed E-state index contributed by atoms with van der Waals surface area (Å²) >= 11 is 0. The van der Waals surface area contributed by atoms with Crippen LogP contribution in [0.15, 0.2) is 135 Å². The van der Waals surface area contributed by atoms with Crippen molar-refractivity contribution in [1.82, 2.24) is 48.5 Å². The first-order valence-electron chi connectivity index (χ1n) is 19.4. The maximum absolute atomic E-state index is 4.08. The Morgan fingerprint density at radius 1 is 0.386 bits per heavy atom. The molecule has 0 atom stereocenters. The number of pyridine rings is 1. The molecule has 1 aromatic carbocycles. The van der Waals surface area contributed by atoms with Crippen LogP contribution in [0, 0.1) is 21.7 Å². The summed E-state index contributed by atoms with van der Waals surface area (Å²) in [5.74, 6) is 0. The SMILES string of the molecule is CC(C)(C)C.CC(C)(C)C.CC(C)(C)C.CC(C)(C)C.c1ccc2ncncc2c1.c1ccn2ccnc2c1.c1cnc2ccnn2c1.c1cnn2ccnc2c1. The van der Waals surface area contributed by atoms with E-state index >= 15 is 0 Å². The Labute approximate surface area is 342 Å². The van der Waals surface area contributed by atoms with E-state index in [0.29, 0.717) is 21.7 Å². The number of imidazole rings is 2. The Bertz CT molecular complexity index is 1820. The summed E-state index contributed by atoms with van der Waals surface area (Å²) in [7, 11) is 0. The molecule has 0 bridgehead atoms. The van der Waals surface area contributed by atoms with Gasteiger partial charge in [-0.25, -0.2) is 34.0 Å². The van der Waals surface area contributed by atoms with Crippen molar-refractivity contribution < 1.29 is 0 Å². The first kappa shape index (κ1) is 49.5. The average molecular weight is 775 g/mol. The first-order valence-corrected chi connectivity index (χ1v) is 19.4. The zero-order valence-corrected chi connectivity index (χ0v) is 37.7. The maximum Gasteiger partial charge on any atom is 0.154 e. The Hall–Kier alpha value is -5.51. The molecule has 0 aliphatic heterocycles. The summed E-state index contributed by atoms with van der Waals surface area (Å²) in [5.41, 5.74) is 5.77. The van der Waals surface area contributed by atoms with Gasteiger partial charge in [-0.3, -0.25) is 0 Å². The number of benzene rings is 1. The lowest BCUT2D eigenvalue weighted by molar-refractivity contribution is 0.469. The molecular weight excluding hydrogens is 705 g/mol. The van der Waals surface area contributed by atoms with Gasteiger partial charge in [0.05, 0.1) is 11.7 Å². The van der Waals surface area contributed by atoms with E-state index in [0.717, 1.165) is 27.8 Å². The van der Waals surface area contributed by atoms with E-state index < -0.39 is 0 Å². The van der Waals surface area contributed by atoms with Gasteiger partial charge in [0.2, 0.25) is 0 Å². The highest BCUT2D eigenvalue weighted by Gasteiger charge is 1.97. The Morgan fingerprint density at radius 3 is 1.46 bits per heavy atom.